The van der Waals surface area contributed by atoms with Crippen molar-refractivity contribution in [2.24, 2.45) is 0 Å². The summed E-state index contributed by atoms with van der Waals surface area (Å²) >= 11 is 0. The van der Waals surface area contributed by atoms with Crippen LogP contribution in [0.5, 0.6) is 0 Å². The molecular weight excluding hydrogens is 272 g/mol. The fourth-order valence-corrected chi connectivity index (χ4v) is 3.62. The third-order valence-electron chi connectivity index (χ3n) is 4.43. The second-order valence-electron chi connectivity index (χ2n) is 8.49. The van der Waals surface area contributed by atoms with Gasteiger partial charge in [-0.05, 0) is 39.2 Å². The summed E-state index contributed by atoms with van der Waals surface area (Å²) in [6, 6.07) is 0.637. The van der Waals surface area contributed by atoms with Crippen LogP contribution < -0.4 is 0 Å². The molecule has 2 rings (SSSR count). The number of hydrogen-bond donors (Lipinski definition) is 0. The van der Waals surface area contributed by atoms with Crippen molar-refractivity contribution in [3.63, 3.8) is 0 Å². The quantitative estimate of drug-likeness (QED) is 0.541. The lowest BCUT2D eigenvalue weighted by Gasteiger charge is -2.43. The zero-order valence-corrected chi connectivity index (χ0v) is 15.8. The van der Waals surface area contributed by atoms with Crippen molar-refractivity contribution in [2.75, 3.05) is 26.2 Å². The Balaban J connectivity index is 1.90. The normalized spacial score (nSPS) is 25.4. The third-order valence-corrected chi connectivity index (χ3v) is 5.31. The minimum Gasteiger partial charge on any atom is -0.296 e. The van der Waals surface area contributed by atoms with Gasteiger partial charge in [0.2, 0.25) is 0 Å². The van der Waals surface area contributed by atoms with Gasteiger partial charge in [0.25, 0.3) is 0 Å². The van der Waals surface area contributed by atoms with E-state index in [9.17, 15) is 0 Å². The molecule has 0 N–H and O–H groups in total. The molecule has 0 radical (unpaired) electrons. The standard InChI is InChI=1S/C18H32N2Si/c1-18(2,3)20-12-10-19(11-13-20)17-8-7-16(15-17)9-14-21(4,5)6/h15,17H,7-8,10-13H2,1-6H3. The van der Waals surface area contributed by atoms with E-state index < -0.39 is 8.07 Å². The molecule has 1 atom stereocenters. The monoisotopic (exact) mass is 304 g/mol. The highest BCUT2D eigenvalue weighted by molar-refractivity contribution is 6.83. The molecule has 1 aliphatic heterocycles. The van der Waals surface area contributed by atoms with E-state index in [0.717, 1.165) is 0 Å². The summed E-state index contributed by atoms with van der Waals surface area (Å²) in [4.78, 5) is 5.26. The van der Waals surface area contributed by atoms with Crippen LogP contribution in [-0.2, 0) is 0 Å². The van der Waals surface area contributed by atoms with E-state index in [1.807, 2.05) is 0 Å². The molecule has 0 aromatic rings. The van der Waals surface area contributed by atoms with Gasteiger partial charge in [-0.2, -0.15) is 0 Å². The number of rotatable bonds is 1. The second kappa shape index (κ2) is 6.28. The summed E-state index contributed by atoms with van der Waals surface area (Å²) < 4.78 is 0. The van der Waals surface area contributed by atoms with Gasteiger partial charge < -0.3 is 0 Å². The summed E-state index contributed by atoms with van der Waals surface area (Å²) in [5.74, 6) is 3.46. The van der Waals surface area contributed by atoms with E-state index in [1.54, 1.807) is 0 Å². The van der Waals surface area contributed by atoms with E-state index in [0.29, 0.717) is 11.6 Å². The minimum absolute atomic E-state index is 0.311. The SMILES string of the molecule is CC(C)(C)N1CCN(C2C=C(C#C[Si](C)(C)C)CC2)CC1. The minimum atomic E-state index is -1.24. The van der Waals surface area contributed by atoms with Crippen molar-refractivity contribution in [1.29, 1.82) is 0 Å². The Hall–Kier alpha value is -0.563. The Morgan fingerprint density at radius 2 is 1.71 bits per heavy atom. The van der Waals surface area contributed by atoms with E-state index in [4.69, 9.17) is 0 Å². The first-order valence-electron chi connectivity index (χ1n) is 8.38. The highest BCUT2D eigenvalue weighted by Gasteiger charge is 2.29. The van der Waals surface area contributed by atoms with Crippen molar-refractivity contribution in [1.82, 2.24) is 9.80 Å². The lowest BCUT2D eigenvalue weighted by atomic mass is 10.0. The van der Waals surface area contributed by atoms with Crippen molar-refractivity contribution in [3.8, 4) is 11.5 Å². The van der Waals surface area contributed by atoms with Crippen LogP contribution in [0.15, 0.2) is 11.6 Å². The van der Waals surface area contributed by atoms with Crippen LogP contribution in [0.2, 0.25) is 19.6 Å². The summed E-state index contributed by atoms with van der Waals surface area (Å²) in [7, 11) is -1.24. The number of hydrogen-bond acceptors (Lipinski definition) is 2. The van der Waals surface area contributed by atoms with Gasteiger partial charge in [-0.25, -0.2) is 0 Å². The van der Waals surface area contributed by atoms with Crippen molar-refractivity contribution >= 4 is 8.07 Å². The topological polar surface area (TPSA) is 6.48 Å². The Kier molecular flexibility index (Phi) is 5.02. The van der Waals surface area contributed by atoms with Gasteiger partial charge in [-0.3, -0.25) is 9.80 Å². The molecule has 2 nitrogen and oxygen atoms in total. The van der Waals surface area contributed by atoms with Gasteiger partial charge in [0, 0.05) is 37.8 Å². The van der Waals surface area contributed by atoms with Crippen molar-refractivity contribution in [2.45, 2.75) is 64.8 Å². The maximum atomic E-state index is 3.51. The van der Waals surface area contributed by atoms with Crippen LogP contribution in [-0.4, -0.2) is 55.6 Å². The molecule has 0 saturated carbocycles. The van der Waals surface area contributed by atoms with Gasteiger partial charge in [-0.1, -0.05) is 31.6 Å². The van der Waals surface area contributed by atoms with Crippen LogP contribution in [0.25, 0.3) is 0 Å². The maximum Gasteiger partial charge on any atom is 0.129 e. The van der Waals surface area contributed by atoms with Crippen LogP contribution in [0.4, 0.5) is 0 Å². The van der Waals surface area contributed by atoms with Crippen LogP contribution >= 0.6 is 0 Å². The largest absolute Gasteiger partial charge is 0.296 e. The number of allylic oxidation sites excluding steroid dienone is 1. The number of piperazine rings is 1. The summed E-state index contributed by atoms with van der Waals surface area (Å²) in [5.41, 5.74) is 5.21. The molecule has 0 bridgehead atoms. The van der Waals surface area contributed by atoms with Crippen LogP contribution in [0.3, 0.4) is 0 Å². The molecule has 118 valence electrons. The molecule has 0 aromatic heterocycles. The molecule has 1 aliphatic carbocycles. The first-order chi connectivity index (χ1) is 9.65. The van der Waals surface area contributed by atoms with Gasteiger partial charge in [0.05, 0.1) is 0 Å². The van der Waals surface area contributed by atoms with Crippen molar-refractivity contribution < 1.29 is 0 Å². The average molecular weight is 305 g/mol. The predicted octanol–water partition coefficient (Wildman–Crippen LogP) is 3.37. The lowest BCUT2D eigenvalue weighted by Crippen LogP contribution is -2.55. The van der Waals surface area contributed by atoms with Gasteiger partial charge in [0.1, 0.15) is 8.07 Å². The molecule has 2 aliphatic rings. The lowest BCUT2D eigenvalue weighted by molar-refractivity contribution is 0.0509. The molecule has 1 fully saturated rings. The van der Waals surface area contributed by atoms with Gasteiger partial charge in [0.15, 0.2) is 0 Å². The number of nitrogens with zero attached hydrogens (tertiary/aromatic N) is 2. The average Bonchev–Trinajstić information content (AvgIpc) is 2.83. The van der Waals surface area contributed by atoms with Crippen LogP contribution in [0.1, 0.15) is 33.6 Å². The molecule has 0 amide bonds. The zero-order valence-electron chi connectivity index (χ0n) is 14.8. The van der Waals surface area contributed by atoms with E-state index in [1.165, 1.54) is 44.6 Å². The van der Waals surface area contributed by atoms with Gasteiger partial charge in [-0.15, -0.1) is 5.54 Å². The molecule has 3 heteroatoms. The fourth-order valence-electron chi connectivity index (χ4n) is 3.09. The molecule has 21 heavy (non-hydrogen) atoms. The fraction of sp³-hybridized carbons (Fsp3) is 0.778. The van der Waals surface area contributed by atoms with Gasteiger partial charge >= 0.3 is 0 Å². The predicted molar refractivity (Wildman–Crippen MR) is 95.1 cm³/mol. The first-order valence-corrected chi connectivity index (χ1v) is 11.9. The molecule has 1 heterocycles. The second-order valence-corrected chi connectivity index (χ2v) is 13.2. The maximum absolute atomic E-state index is 3.51. The highest BCUT2D eigenvalue weighted by atomic mass is 28.3. The van der Waals surface area contributed by atoms with Crippen LogP contribution in [0, 0.1) is 11.5 Å². The van der Waals surface area contributed by atoms with E-state index >= 15 is 0 Å². The zero-order chi connectivity index (χ0) is 15.7. The summed E-state index contributed by atoms with van der Waals surface area (Å²) in [5, 5.41) is 0. The Morgan fingerprint density at radius 1 is 1.10 bits per heavy atom. The Labute approximate surface area is 132 Å². The Bertz CT molecular complexity index is 448. The molecule has 1 saturated heterocycles. The smallest absolute Gasteiger partial charge is 0.129 e. The molecule has 1 unspecified atom stereocenters. The Morgan fingerprint density at radius 3 is 2.24 bits per heavy atom. The van der Waals surface area contributed by atoms with E-state index in [-0.39, 0.29) is 0 Å². The highest BCUT2D eigenvalue weighted by Crippen LogP contribution is 2.25. The molecular formula is C18H32N2Si. The molecule has 0 spiro atoms. The molecule has 0 aromatic carbocycles. The van der Waals surface area contributed by atoms with Crippen molar-refractivity contribution in [3.05, 3.63) is 11.6 Å². The van der Waals surface area contributed by atoms with E-state index in [2.05, 4.69) is 67.8 Å². The first kappa shape index (κ1) is 16.8. The summed E-state index contributed by atoms with van der Waals surface area (Å²) in [6.07, 6.45) is 4.90. The third kappa shape index (κ3) is 4.98. The summed E-state index contributed by atoms with van der Waals surface area (Å²) in [6.45, 7) is 18.7.